The van der Waals surface area contributed by atoms with Gasteiger partial charge in [-0.3, -0.25) is 0 Å². The Balaban J connectivity index is 0.00000484. The van der Waals surface area contributed by atoms with E-state index in [4.69, 9.17) is 0 Å². The molecule has 0 fully saturated rings. The van der Waals surface area contributed by atoms with E-state index in [1.165, 1.54) is 0 Å². The molecule has 0 spiro atoms. The molecular formula is C15H23F3IN3O. The monoisotopic (exact) mass is 445 g/mol. The number of halogens is 4. The summed E-state index contributed by atoms with van der Waals surface area (Å²) in [7, 11) is 3.81. The van der Waals surface area contributed by atoms with Crippen LogP contribution in [-0.2, 0) is 17.9 Å². The average molecular weight is 445 g/mol. The minimum absolute atomic E-state index is 0. The van der Waals surface area contributed by atoms with Gasteiger partial charge in [0.1, 0.15) is 6.61 Å². The number of hydrogen-bond donors (Lipinski definition) is 1. The Morgan fingerprint density at radius 1 is 1.17 bits per heavy atom. The number of aliphatic imine (C=N–C) groups is 1. The van der Waals surface area contributed by atoms with E-state index in [0.29, 0.717) is 12.1 Å². The van der Waals surface area contributed by atoms with Crippen molar-refractivity contribution in [1.29, 1.82) is 0 Å². The molecule has 0 aromatic heterocycles. The van der Waals surface area contributed by atoms with Crippen LogP contribution < -0.4 is 5.32 Å². The second kappa shape index (κ2) is 10.7. The highest BCUT2D eigenvalue weighted by atomic mass is 127. The zero-order valence-corrected chi connectivity index (χ0v) is 15.8. The summed E-state index contributed by atoms with van der Waals surface area (Å²) in [6.07, 6.45) is -4.29. The van der Waals surface area contributed by atoms with Gasteiger partial charge in [-0.25, -0.2) is 4.99 Å². The molecule has 0 saturated heterocycles. The van der Waals surface area contributed by atoms with Crippen LogP contribution in [0.5, 0.6) is 0 Å². The zero-order chi connectivity index (χ0) is 16.6. The van der Waals surface area contributed by atoms with Gasteiger partial charge in [0.05, 0.1) is 13.2 Å². The molecule has 1 rings (SSSR count). The van der Waals surface area contributed by atoms with E-state index >= 15 is 0 Å². The number of nitrogens with zero attached hydrogens (tertiary/aromatic N) is 2. The second-order valence-electron chi connectivity index (χ2n) is 4.99. The van der Waals surface area contributed by atoms with E-state index in [2.05, 4.69) is 15.0 Å². The molecule has 1 aromatic carbocycles. The molecule has 0 aliphatic rings. The molecule has 4 nitrogen and oxygen atoms in total. The summed E-state index contributed by atoms with van der Waals surface area (Å²) in [5.41, 5.74) is 1.69. The highest BCUT2D eigenvalue weighted by Gasteiger charge is 2.27. The lowest BCUT2D eigenvalue weighted by molar-refractivity contribution is -0.176. The lowest BCUT2D eigenvalue weighted by Crippen LogP contribution is -2.36. The smallest absolute Gasteiger partial charge is 0.367 e. The lowest BCUT2D eigenvalue weighted by atomic mass is 10.1. The maximum atomic E-state index is 12.0. The Hall–Kier alpha value is -1.03. The molecule has 0 atom stereocenters. The Bertz CT molecular complexity index is 476. The fourth-order valence-electron chi connectivity index (χ4n) is 1.71. The van der Waals surface area contributed by atoms with Crippen molar-refractivity contribution in [2.75, 3.05) is 27.2 Å². The molecule has 8 heteroatoms. The van der Waals surface area contributed by atoms with Gasteiger partial charge in [0.2, 0.25) is 0 Å². The van der Waals surface area contributed by atoms with Crippen LogP contribution in [0.25, 0.3) is 0 Å². The van der Waals surface area contributed by atoms with Crippen molar-refractivity contribution in [3.05, 3.63) is 35.4 Å². The molecule has 0 heterocycles. The molecule has 0 amide bonds. The summed E-state index contributed by atoms with van der Waals surface area (Å²) in [6.45, 7) is 2.00. The van der Waals surface area contributed by atoms with Crippen LogP contribution in [0.1, 0.15) is 18.1 Å². The average Bonchev–Trinajstić information content (AvgIpc) is 2.43. The van der Waals surface area contributed by atoms with E-state index in [1.54, 1.807) is 12.1 Å². The van der Waals surface area contributed by atoms with Crippen molar-refractivity contribution < 1.29 is 17.9 Å². The predicted molar refractivity (Wildman–Crippen MR) is 96.1 cm³/mol. The Kier molecular flexibility index (Phi) is 10.2. The van der Waals surface area contributed by atoms with Crippen LogP contribution in [0.4, 0.5) is 13.2 Å². The largest absolute Gasteiger partial charge is 0.411 e. The number of alkyl halides is 3. The zero-order valence-electron chi connectivity index (χ0n) is 13.5. The highest BCUT2D eigenvalue weighted by molar-refractivity contribution is 14.0. The van der Waals surface area contributed by atoms with E-state index in [-0.39, 0.29) is 30.6 Å². The topological polar surface area (TPSA) is 36.9 Å². The number of benzene rings is 1. The minimum atomic E-state index is -4.29. The molecule has 0 unspecified atom stereocenters. The highest BCUT2D eigenvalue weighted by Crippen LogP contribution is 2.16. The summed E-state index contributed by atoms with van der Waals surface area (Å²) in [5, 5.41) is 3.16. The van der Waals surface area contributed by atoms with Gasteiger partial charge in [0, 0.05) is 20.6 Å². The van der Waals surface area contributed by atoms with E-state index in [1.807, 2.05) is 38.1 Å². The molecule has 0 aliphatic carbocycles. The molecule has 23 heavy (non-hydrogen) atoms. The summed E-state index contributed by atoms with van der Waals surface area (Å²) in [5.74, 6) is 0.792. The Morgan fingerprint density at radius 2 is 1.74 bits per heavy atom. The third kappa shape index (κ3) is 9.65. The maximum Gasteiger partial charge on any atom is 0.411 e. The number of guanidine groups is 1. The normalized spacial score (nSPS) is 11.8. The van der Waals surface area contributed by atoms with Gasteiger partial charge in [-0.2, -0.15) is 13.2 Å². The molecule has 1 aromatic rings. The van der Waals surface area contributed by atoms with E-state index in [9.17, 15) is 13.2 Å². The SMILES string of the molecule is CCNC(=NCc1ccc(COCC(F)(F)F)cc1)N(C)C.I. The fourth-order valence-corrected chi connectivity index (χ4v) is 1.71. The first-order chi connectivity index (χ1) is 10.3. The van der Waals surface area contributed by atoms with Crippen molar-refractivity contribution >= 4 is 29.9 Å². The Labute approximate surface area is 152 Å². The number of ether oxygens (including phenoxy) is 1. The van der Waals surface area contributed by atoms with Crippen LogP contribution in [0.2, 0.25) is 0 Å². The van der Waals surface area contributed by atoms with Crippen molar-refractivity contribution in [3.8, 4) is 0 Å². The number of hydrogen-bond acceptors (Lipinski definition) is 2. The van der Waals surface area contributed by atoms with Crippen molar-refractivity contribution in [2.45, 2.75) is 26.3 Å². The Morgan fingerprint density at radius 3 is 2.22 bits per heavy atom. The van der Waals surface area contributed by atoms with Crippen LogP contribution in [0.15, 0.2) is 29.3 Å². The summed E-state index contributed by atoms with van der Waals surface area (Å²) in [4.78, 5) is 6.35. The molecule has 0 radical (unpaired) electrons. The molecule has 0 bridgehead atoms. The van der Waals surface area contributed by atoms with Gasteiger partial charge in [-0.05, 0) is 18.1 Å². The quantitative estimate of drug-likeness (QED) is 0.415. The van der Waals surface area contributed by atoms with Crippen LogP contribution in [0.3, 0.4) is 0 Å². The van der Waals surface area contributed by atoms with Crippen LogP contribution in [0, 0.1) is 0 Å². The summed E-state index contributed by atoms with van der Waals surface area (Å²) >= 11 is 0. The lowest BCUT2D eigenvalue weighted by Gasteiger charge is -2.16. The first kappa shape index (κ1) is 22.0. The van der Waals surface area contributed by atoms with E-state index < -0.39 is 12.8 Å². The van der Waals surface area contributed by atoms with Crippen LogP contribution >= 0.6 is 24.0 Å². The van der Waals surface area contributed by atoms with Gasteiger partial charge in [-0.15, -0.1) is 24.0 Å². The van der Waals surface area contributed by atoms with Gasteiger partial charge in [0.25, 0.3) is 0 Å². The summed E-state index contributed by atoms with van der Waals surface area (Å²) in [6, 6.07) is 7.19. The maximum absolute atomic E-state index is 12.0. The minimum Gasteiger partial charge on any atom is -0.367 e. The van der Waals surface area contributed by atoms with Gasteiger partial charge in [-0.1, -0.05) is 24.3 Å². The third-order valence-corrected chi connectivity index (χ3v) is 2.73. The van der Waals surface area contributed by atoms with Crippen LogP contribution in [-0.4, -0.2) is 44.3 Å². The fraction of sp³-hybridized carbons (Fsp3) is 0.533. The first-order valence-electron chi connectivity index (χ1n) is 6.99. The van der Waals surface area contributed by atoms with Gasteiger partial charge < -0.3 is 15.0 Å². The van der Waals surface area contributed by atoms with Gasteiger partial charge >= 0.3 is 6.18 Å². The standard InChI is InChI=1S/C15H22F3N3O.HI/c1-4-19-14(21(2)3)20-9-12-5-7-13(8-6-12)10-22-11-15(16,17)18;/h5-8H,4,9-11H2,1-3H3,(H,19,20);1H. The molecule has 132 valence electrons. The molecule has 1 N–H and O–H groups in total. The third-order valence-electron chi connectivity index (χ3n) is 2.73. The second-order valence-corrected chi connectivity index (χ2v) is 4.99. The number of nitrogens with one attached hydrogen (secondary N) is 1. The molecule has 0 aliphatic heterocycles. The van der Waals surface area contributed by atoms with Crippen molar-refractivity contribution in [3.63, 3.8) is 0 Å². The summed E-state index contributed by atoms with van der Waals surface area (Å²) < 4.78 is 40.5. The van der Waals surface area contributed by atoms with Crippen molar-refractivity contribution in [1.82, 2.24) is 10.2 Å². The predicted octanol–water partition coefficient (Wildman–Crippen LogP) is 3.41. The molecular weight excluding hydrogens is 422 g/mol. The first-order valence-corrected chi connectivity index (χ1v) is 6.99. The number of rotatable bonds is 6. The van der Waals surface area contributed by atoms with Crippen molar-refractivity contribution in [2.24, 2.45) is 4.99 Å². The van der Waals surface area contributed by atoms with E-state index in [0.717, 1.165) is 18.1 Å². The van der Waals surface area contributed by atoms with Gasteiger partial charge in [0.15, 0.2) is 5.96 Å². The molecule has 0 saturated carbocycles.